The van der Waals surface area contributed by atoms with E-state index >= 15 is 0 Å². The fourth-order valence-electron chi connectivity index (χ4n) is 3.55. The van der Waals surface area contributed by atoms with E-state index in [1.54, 1.807) is 55.5 Å². The summed E-state index contributed by atoms with van der Waals surface area (Å²) in [5.74, 6) is -0.476. The van der Waals surface area contributed by atoms with Gasteiger partial charge >= 0.3 is 0 Å². The summed E-state index contributed by atoms with van der Waals surface area (Å²) in [5.41, 5.74) is 6.75. The van der Waals surface area contributed by atoms with E-state index in [-0.39, 0.29) is 16.7 Å². The first-order chi connectivity index (χ1) is 17.5. The highest BCUT2D eigenvalue weighted by atomic mass is 32.2. The Hall–Kier alpha value is -3.98. The zero-order valence-electron chi connectivity index (χ0n) is 21.6. The summed E-state index contributed by atoms with van der Waals surface area (Å²) < 4.78 is 28.2. The van der Waals surface area contributed by atoms with Crippen molar-refractivity contribution in [3.8, 4) is 0 Å². The summed E-state index contributed by atoms with van der Waals surface area (Å²) in [6.07, 6.45) is 0. The van der Waals surface area contributed by atoms with E-state index in [1.807, 2.05) is 19.1 Å². The van der Waals surface area contributed by atoms with E-state index in [4.69, 9.17) is 0 Å². The summed E-state index contributed by atoms with van der Waals surface area (Å²) >= 11 is 0. The first-order valence-corrected chi connectivity index (χ1v) is 13.3. The predicted octanol–water partition coefficient (Wildman–Crippen LogP) is 4.81. The van der Waals surface area contributed by atoms with Gasteiger partial charge in [-0.15, -0.1) is 0 Å². The molecule has 3 aromatic rings. The van der Waals surface area contributed by atoms with E-state index in [9.17, 15) is 18.0 Å². The molecule has 0 atom stereocenters. The molecule has 9 heteroatoms. The SMILES string of the molecule is CC(=O)Nc1ccc(/C(C)=N\NC(=O)CN(c2ccc(C(C)C)cc2)S(=O)(=O)c2ccc(C)cc2)cc1. The standard InChI is InChI=1S/C28H32N4O4S/c1-19(2)23-10-14-26(15-11-23)32(37(35,36)27-16-6-20(3)7-17-27)18-28(34)31-30-21(4)24-8-12-25(13-9-24)29-22(5)33/h6-17,19H,18H2,1-5H3,(H,29,33)(H,31,34)/b30-21-. The summed E-state index contributed by atoms with van der Waals surface area (Å²) in [6, 6.07) is 20.6. The van der Waals surface area contributed by atoms with Crippen LogP contribution in [-0.2, 0) is 19.6 Å². The lowest BCUT2D eigenvalue weighted by atomic mass is 10.0. The zero-order valence-corrected chi connectivity index (χ0v) is 22.5. The van der Waals surface area contributed by atoms with Crippen molar-refractivity contribution < 1.29 is 18.0 Å². The topological polar surface area (TPSA) is 108 Å². The number of carbonyl (C=O) groups is 2. The van der Waals surface area contributed by atoms with Crippen molar-refractivity contribution in [2.75, 3.05) is 16.2 Å². The Kier molecular flexibility index (Phi) is 8.83. The molecule has 0 bridgehead atoms. The minimum atomic E-state index is -4.01. The van der Waals surface area contributed by atoms with Crippen molar-refractivity contribution in [1.82, 2.24) is 5.43 Å². The number of hydrogen-bond donors (Lipinski definition) is 2. The number of benzene rings is 3. The van der Waals surface area contributed by atoms with E-state index in [0.717, 1.165) is 21.0 Å². The highest BCUT2D eigenvalue weighted by Crippen LogP contribution is 2.26. The van der Waals surface area contributed by atoms with Gasteiger partial charge < -0.3 is 5.32 Å². The molecule has 194 valence electrons. The fourth-order valence-corrected chi connectivity index (χ4v) is 4.97. The molecule has 0 saturated carbocycles. The number of sulfonamides is 1. The predicted molar refractivity (Wildman–Crippen MR) is 147 cm³/mol. The van der Waals surface area contributed by atoms with Crippen molar-refractivity contribution in [2.24, 2.45) is 5.10 Å². The zero-order chi connectivity index (χ0) is 27.2. The van der Waals surface area contributed by atoms with Crippen LogP contribution < -0.4 is 15.0 Å². The molecule has 37 heavy (non-hydrogen) atoms. The number of carbonyl (C=O) groups excluding carboxylic acids is 2. The van der Waals surface area contributed by atoms with E-state index in [1.165, 1.54) is 19.1 Å². The average molecular weight is 521 g/mol. The van der Waals surface area contributed by atoms with Gasteiger partial charge in [-0.05, 0) is 67.3 Å². The van der Waals surface area contributed by atoms with Gasteiger partial charge in [-0.3, -0.25) is 13.9 Å². The normalized spacial score (nSPS) is 11.8. The van der Waals surface area contributed by atoms with Gasteiger partial charge in [0.2, 0.25) is 5.91 Å². The summed E-state index contributed by atoms with van der Waals surface area (Å²) in [7, 11) is -4.01. The molecule has 0 aliphatic rings. The minimum absolute atomic E-state index is 0.0952. The maximum Gasteiger partial charge on any atom is 0.264 e. The fraction of sp³-hybridized carbons (Fsp3) is 0.250. The second-order valence-electron chi connectivity index (χ2n) is 9.06. The molecule has 0 fully saturated rings. The van der Waals surface area contributed by atoms with Crippen LogP contribution in [0.2, 0.25) is 0 Å². The van der Waals surface area contributed by atoms with E-state index in [2.05, 4.69) is 29.7 Å². The van der Waals surface area contributed by atoms with Crippen molar-refractivity contribution >= 4 is 38.9 Å². The third-order valence-corrected chi connectivity index (χ3v) is 7.50. The van der Waals surface area contributed by atoms with Crippen LogP contribution in [0.25, 0.3) is 0 Å². The lowest BCUT2D eigenvalue weighted by Crippen LogP contribution is -2.39. The molecule has 8 nitrogen and oxygen atoms in total. The Labute approximate surface area is 218 Å². The molecule has 0 radical (unpaired) electrons. The molecular weight excluding hydrogens is 488 g/mol. The van der Waals surface area contributed by atoms with Crippen LogP contribution in [0.5, 0.6) is 0 Å². The Morgan fingerprint density at radius 2 is 1.49 bits per heavy atom. The molecule has 0 saturated heterocycles. The maximum absolute atomic E-state index is 13.5. The maximum atomic E-state index is 13.5. The quantitative estimate of drug-likeness (QED) is 0.312. The molecule has 0 unspecified atom stereocenters. The van der Waals surface area contributed by atoms with Crippen molar-refractivity contribution in [3.05, 3.63) is 89.5 Å². The average Bonchev–Trinajstić information content (AvgIpc) is 2.86. The molecule has 3 rings (SSSR count). The third kappa shape index (κ3) is 7.27. The lowest BCUT2D eigenvalue weighted by Gasteiger charge is -2.24. The number of rotatable bonds is 9. The second-order valence-corrected chi connectivity index (χ2v) is 10.9. The number of nitrogens with zero attached hydrogens (tertiary/aromatic N) is 2. The van der Waals surface area contributed by atoms with Gasteiger partial charge in [-0.2, -0.15) is 5.10 Å². The van der Waals surface area contributed by atoms with Crippen LogP contribution in [-0.4, -0.2) is 32.5 Å². The smallest absolute Gasteiger partial charge is 0.264 e. The monoisotopic (exact) mass is 520 g/mol. The van der Waals surface area contributed by atoms with Gasteiger partial charge in [0.1, 0.15) is 6.54 Å². The number of hydrogen-bond acceptors (Lipinski definition) is 5. The second kappa shape index (κ2) is 11.8. The number of hydrazone groups is 1. The molecule has 2 amide bonds. The minimum Gasteiger partial charge on any atom is -0.326 e. The Balaban J connectivity index is 1.83. The van der Waals surface area contributed by atoms with E-state index < -0.39 is 22.5 Å². The van der Waals surface area contributed by atoms with Crippen LogP contribution in [0.15, 0.2) is 82.8 Å². The van der Waals surface area contributed by atoms with E-state index in [0.29, 0.717) is 17.1 Å². The van der Waals surface area contributed by atoms with Crippen molar-refractivity contribution in [1.29, 1.82) is 0 Å². The van der Waals surface area contributed by atoms with Crippen LogP contribution >= 0.6 is 0 Å². The highest BCUT2D eigenvalue weighted by molar-refractivity contribution is 7.92. The van der Waals surface area contributed by atoms with Crippen molar-refractivity contribution in [2.45, 2.75) is 45.4 Å². The van der Waals surface area contributed by atoms with Gasteiger partial charge in [-0.25, -0.2) is 13.8 Å². The summed E-state index contributed by atoms with van der Waals surface area (Å²) in [4.78, 5) is 24.2. The van der Waals surface area contributed by atoms with Gasteiger partial charge in [0, 0.05) is 12.6 Å². The van der Waals surface area contributed by atoms with Crippen LogP contribution in [0.1, 0.15) is 50.3 Å². The van der Waals surface area contributed by atoms with Gasteiger partial charge in [-0.1, -0.05) is 55.8 Å². The van der Waals surface area contributed by atoms with Gasteiger partial charge in [0.25, 0.3) is 15.9 Å². The van der Waals surface area contributed by atoms with Crippen LogP contribution in [0.3, 0.4) is 0 Å². The molecule has 2 N–H and O–H groups in total. The highest BCUT2D eigenvalue weighted by Gasteiger charge is 2.27. The Bertz CT molecular complexity index is 1380. The molecular formula is C28H32N4O4S. The number of aryl methyl sites for hydroxylation is 1. The molecule has 0 aliphatic carbocycles. The summed E-state index contributed by atoms with van der Waals surface area (Å²) in [6.45, 7) is 8.68. The first-order valence-electron chi connectivity index (χ1n) is 11.9. The summed E-state index contributed by atoms with van der Waals surface area (Å²) in [5, 5.41) is 6.83. The Morgan fingerprint density at radius 3 is 2.03 bits per heavy atom. The van der Waals surface area contributed by atoms with Gasteiger partial charge in [0.15, 0.2) is 0 Å². The number of amides is 2. The van der Waals surface area contributed by atoms with Crippen molar-refractivity contribution in [3.63, 3.8) is 0 Å². The number of anilines is 2. The van der Waals surface area contributed by atoms with Crippen LogP contribution in [0, 0.1) is 6.92 Å². The number of nitrogens with one attached hydrogen (secondary N) is 2. The molecule has 0 heterocycles. The Morgan fingerprint density at radius 1 is 0.892 bits per heavy atom. The molecule has 0 spiro atoms. The first kappa shape index (κ1) is 27.6. The lowest BCUT2D eigenvalue weighted by molar-refractivity contribution is -0.119. The third-order valence-electron chi connectivity index (χ3n) is 5.72. The van der Waals surface area contributed by atoms with Crippen LogP contribution in [0.4, 0.5) is 11.4 Å². The molecule has 0 aliphatic heterocycles. The molecule has 0 aromatic heterocycles. The van der Waals surface area contributed by atoms with Gasteiger partial charge in [0.05, 0.1) is 16.3 Å². The molecule has 3 aromatic carbocycles. The largest absolute Gasteiger partial charge is 0.326 e.